The van der Waals surface area contributed by atoms with Crippen LogP contribution < -0.4 is 5.32 Å². The molecule has 0 aliphatic carbocycles. The van der Waals surface area contributed by atoms with E-state index in [0.717, 1.165) is 32.5 Å². The zero-order valence-corrected chi connectivity index (χ0v) is 18.7. The number of hydrogen-bond donors (Lipinski definition) is 1. The number of rotatable bonds is 5. The van der Waals surface area contributed by atoms with Crippen LogP contribution in [0.15, 0.2) is 48.5 Å². The van der Waals surface area contributed by atoms with E-state index in [1.54, 1.807) is 0 Å². The Labute approximate surface area is 176 Å². The lowest BCUT2D eigenvalue weighted by Crippen LogP contribution is -2.40. The Morgan fingerprint density at radius 2 is 1.62 bits per heavy atom. The predicted octanol–water partition coefficient (Wildman–Crippen LogP) is 5.38. The molecular formula is C26H36N2O. The first kappa shape index (κ1) is 21.6. The molecule has 0 saturated carbocycles. The molecule has 3 rings (SSSR count). The van der Waals surface area contributed by atoms with E-state index in [2.05, 4.69) is 93.4 Å². The van der Waals surface area contributed by atoms with Gasteiger partial charge in [0.15, 0.2) is 0 Å². The molecule has 1 amide bonds. The van der Waals surface area contributed by atoms with E-state index < -0.39 is 0 Å². The molecule has 1 N–H and O–H groups in total. The van der Waals surface area contributed by atoms with Crippen molar-refractivity contribution in [1.82, 2.24) is 10.2 Å². The lowest BCUT2D eigenvalue weighted by Gasteiger charge is -2.32. The second-order valence-corrected chi connectivity index (χ2v) is 9.64. The molecule has 29 heavy (non-hydrogen) atoms. The van der Waals surface area contributed by atoms with Crippen molar-refractivity contribution >= 4 is 5.91 Å². The van der Waals surface area contributed by atoms with Crippen molar-refractivity contribution in [2.24, 2.45) is 5.92 Å². The van der Waals surface area contributed by atoms with E-state index in [0.29, 0.717) is 0 Å². The van der Waals surface area contributed by atoms with Gasteiger partial charge in [0.05, 0.1) is 6.04 Å². The van der Waals surface area contributed by atoms with Gasteiger partial charge in [-0.1, -0.05) is 74.9 Å². The van der Waals surface area contributed by atoms with Gasteiger partial charge in [-0.15, -0.1) is 0 Å². The van der Waals surface area contributed by atoms with Crippen molar-refractivity contribution in [2.45, 2.75) is 65.5 Å². The van der Waals surface area contributed by atoms with Crippen molar-refractivity contribution in [3.8, 4) is 0 Å². The number of aryl methyl sites for hydroxylation is 1. The highest BCUT2D eigenvalue weighted by Crippen LogP contribution is 2.25. The Morgan fingerprint density at radius 1 is 1.03 bits per heavy atom. The van der Waals surface area contributed by atoms with Crippen LogP contribution in [0.3, 0.4) is 0 Å². The average molecular weight is 393 g/mol. The number of benzene rings is 2. The maximum atomic E-state index is 12.8. The first-order valence-corrected chi connectivity index (χ1v) is 10.9. The largest absolute Gasteiger partial charge is 0.349 e. The molecular weight excluding hydrogens is 356 g/mol. The predicted molar refractivity (Wildman–Crippen MR) is 121 cm³/mol. The quantitative estimate of drug-likeness (QED) is 0.741. The molecule has 156 valence electrons. The minimum atomic E-state index is 0.0436. The topological polar surface area (TPSA) is 32.3 Å². The third-order valence-electron chi connectivity index (χ3n) is 6.12. The van der Waals surface area contributed by atoms with E-state index in [1.165, 1.54) is 22.3 Å². The molecule has 3 nitrogen and oxygen atoms in total. The maximum Gasteiger partial charge on any atom is 0.223 e. The van der Waals surface area contributed by atoms with Gasteiger partial charge in [-0.2, -0.15) is 0 Å². The zero-order valence-electron chi connectivity index (χ0n) is 18.7. The first-order valence-electron chi connectivity index (χ1n) is 10.9. The summed E-state index contributed by atoms with van der Waals surface area (Å²) in [6.45, 7) is 13.8. The molecule has 1 heterocycles. The van der Waals surface area contributed by atoms with Crippen molar-refractivity contribution in [1.29, 1.82) is 0 Å². The molecule has 0 aromatic heterocycles. The van der Waals surface area contributed by atoms with Crippen LogP contribution in [0, 0.1) is 12.8 Å². The summed E-state index contributed by atoms with van der Waals surface area (Å²) in [7, 11) is 0. The molecule has 1 fully saturated rings. The van der Waals surface area contributed by atoms with Gasteiger partial charge in [0.1, 0.15) is 0 Å². The third-order valence-corrected chi connectivity index (χ3v) is 6.12. The summed E-state index contributed by atoms with van der Waals surface area (Å²) in [6, 6.07) is 17.5. The van der Waals surface area contributed by atoms with Gasteiger partial charge in [0.25, 0.3) is 0 Å². The van der Waals surface area contributed by atoms with Crippen molar-refractivity contribution in [2.75, 3.05) is 13.1 Å². The number of nitrogens with one attached hydrogen (secondary N) is 1. The lowest BCUT2D eigenvalue weighted by atomic mass is 9.86. The standard InChI is InChI=1S/C26H36N2O/c1-19-6-8-21(9-7-19)18-28-16-14-23(15-17-28)25(29)27-20(2)22-10-12-24(13-11-22)26(3,4)5/h6-13,20,23H,14-18H2,1-5H3,(H,27,29)/t20-/m1/s1. The summed E-state index contributed by atoms with van der Waals surface area (Å²) < 4.78 is 0. The van der Waals surface area contributed by atoms with Crippen LogP contribution in [-0.2, 0) is 16.8 Å². The van der Waals surface area contributed by atoms with E-state index in [9.17, 15) is 4.79 Å². The fourth-order valence-electron chi connectivity index (χ4n) is 3.99. The Bertz CT molecular complexity index is 794. The Kier molecular flexibility index (Phi) is 6.79. The summed E-state index contributed by atoms with van der Waals surface area (Å²) in [6.07, 6.45) is 1.88. The molecule has 2 aromatic rings. The number of likely N-dealkylation sites (tertiary alicyclic amines) is 1. The molecule has 3 heteroatoms. The number of hydrogen-bond acceptors (Lipinski definition) is 2. The summed E-state index contributed by atoms with van der Waals surface area (Å²) in [5.41, 5.74) is 5.29. The van der Waals surface area contributed by atoms with E-state index in [1.807, 2.05) is 0 Å². The molecule has 1 saturated heterocycles. The maximum absolute atomic E-state index is 12.8. The highest BCUT2D eigenvalue weighted by Gasteiger charge is 2.26. The van der Waals surface area contributed by atoms with Gasteiger partial charge in [-0.05, 0) is 61.9 Å². The molecule has 0 radical (unpaired) electrons. The monoisotopic (exact) mass is 392 g/mol. The minimum Gasteiger partial charge on any atom is -0.349 e. The fourth-order valence-corrected chi connectivity index (χ4v) is 3.99. The van der Waals surface area contributed by atoms with Gasteiger partial charge < -0.3 is 5.32 Å². The number of nitrogens with zero attached hydrogens (tertiary/aromatic N) is 1. The number of amides is 1. The van der Waals surface area contributed by atoms with Gasteiger partial charge >= 0.3 is 0 Å². The van der Waals surface area contributed by atoms with Crippen LogP contribution in [0.1, 0.15) is 68.8 Å². The van der Waals surface area contributed by atoms with Gasteiger partial charge in [-0.3, -0.25) is 9.69 Å². The summed E-state index contributed by atoms with van der Waals surface area (Å²) >= 11 is 0. The van der Waals surface area contributed by atoms with E-state index >= 15 is 0 Å². The highest BCUT2D eigenvalue weighted by atomic mass is 16.1. The van der Waals surface area contributed by atoms with Crippen LogP contribution >= 0.6 is 0 Å². The highest BCUT2D eigenvalue weighted by molar-refractivity contribution is 5.79. The first-order chi connectivity index (χ1) is 13.7. The van der Waals surface area contributed by atoms with Crippen LogP contribution in [0.2, 0.25) is 0 Å². The average Bonchev–Trinajstić information content (AvgIpc) is 2.69. The second kappa shape index (κ2) is 9.13. The van der Waals surface area contributed by atoms with Gasteiger partial charge in [0, 0.05) is 12.5 Å². The molecule has 0 unspecified atom stereocenters. The van der Waals surface area contributed by atoms with Crippen molar-refractivity contribution in [3.05, 3.63) is 70.8 Å². The lowest BCUT2D eigenvalue weighted by molar-refractivity contribution is -0.127. The SMILES string of the molecule is Cc1ccc(CN2CCC(C(=O)N[C@H](C)c3ccc(C(C)(C)C)cc3)CC2)cc1. The fraction of sp³-hybridized carbons (Fsp3) is 0.500. The normalized spacial score (nSPS) is 17.1. The minimum absolute atomic E-state index is 0.0436. The van der Waals surface area contributed by atoms with Crippen LogP contribution in [0.5, 0.6) is 0 Å². The van der Waals surface area contributed by atoms with Crippen LogP contribution in [-0.4, -0.2) is 23.9 Å². The molecule has 1 atom stereocenters. The van der Waals surface area contributed by atoms with E-state index in [-0.39, 0.29) is 23.3 Å². The third kappa shape index (κ3) is 5.93. The van der Waals surface area contributed by atoms with Crippen molar-refractivity contribution in [3.63, 3.8) is 0 Å². The Hall–Kier alpha value is -2.13. The summed E-state index contributed by atoms with van der Waals surface area (Å²) in [5.74, 6) is 0.327. The van der Waals surface area contributed by atoms with Gasteiger partial charge in [0.2, 0.25) is 5.91 Å². The molecule has 1 aliphatic rings. The van der Waals surface area contributed by atoms with Crippen molar-refractivity contribution < 1.29 is 4.79 Å². The van der Waals surface area contributed by atoms with Gasteiger partial charge in [-0.25, -0.2) is 0 Å². The van der Waals surface area contributed by atoms with E-state index in [4.69, 9.17) is 0 Å². The number of carbonyl (C=O) groups is 1. The second-order valence-electron chi connectivity index (χ2n) is 9.64. The Morgan fingerprint density at radius 3 is 2.17 bits per heavy atom. The number of piperidine rings is 1. The summed E-state index contributed by atoms with van der Waals surface area (Å²) in [5, 5.41) is 3.24. The zero-order chi connectivity index (χ0) is 21.0. The number of carbonyl (C=O) groups excluding carboxylic acids is 1. The molecule has 2 aromatic carbocycles. The Balaban J connectivity index is 1.48. The molecule has 1 aliphatic heterocycles. The summed E-state index contributed by atoms with van der Waals surface area (Å²) in [4.78, 5) is 15.2. The molecule has 0 spiro atoms. The molecule has 0 bridgehead atoms. The van der Waals surface area contributed by atoms with Crippen LogP contribution in [0.4, 0.5) is 0 Å². The van der Waals surface area contributed by atoms with Crippen LogP contribution in [0.25, 0.3) is 0 Å². The smallest absolute Gasteiger partial charge is 0.223 e.